The molecular weight excluding hydrogens is 560 g/mol. The van der Waals surface area contributed by atoms with Gasteiger partial charge in [-0.15, -0.1) is 11.8 Å². The number of thioether (sulfide) groups is 1. The van der Waals surface area contributed by atoms with Crippen molar-refractivity contribution in [3.05, 3.63) is 140 Å². The van der Waals surface area contributed by atoms with Crippen molar-refractivity contribution in [1.82, 2.24) is 0 Å². The Balaban J connectivity index is 1.60. The van der Waals surface area contributed by atoms with Gasteiger partial charge in [-0.3, -0.25) is 14.9 Å². The largest absolute Gasteiger partial charge is 0.379 e. The summed E-state index contributed by atoms with van der Waals surface area (Å²) in [4.78, 5) is 23.9. The van der Waals surface area contributed by atoms with Crippen molar-refractivity contribution >= 4 is 39.4 Å². The van der Waals surface area contributed by atoms with Crippen LogP contribution in [-0.4, -0.2) is 19.1 Å². The van der Waals surface area contributed by atoms with Crippen molar-refractivity contribution in [3.8, 4) is 5.75 Å². The van der Waals surface area contributed by atoms with Crippen LogP contribution >= 0.6 is 11.8 Å². The zero-order valence-corrected chi connectivity index (χ0v) is 22.5. The molecule has 0 fully saturated rings. The Hall–Kier alpha value is -4.35. The molecule has 0 aliphatic carbocycles. The maximum absolute atomic E-state index is 13.8. The number of rotatable bonds is 10. The van der Waals surface area contributed by atoms with Crippen molar-refractivity contribution in [3.63, 3.8) is 0 Å². The summed E-state index contributed by atoms with van der Waals surface area (Å²) in [5, 5.41) is 11.2. The molecule has 204 valence electrons. The summed E-state index contributed by atoms with van der Waals surface area (Å²) in [6.07, 6.45) is 1.40. The lowest BCUT2D eigenvalue weighted by atomic mass is 10.1. The van der Waals surface area contributed by atoms with Crippen LogP contribution in [0.4, 0.5) is 14.5 Å². The van der Waals surface area contributed by atoms with E-state index in [1.54, 1.807) is 24.3 Å². The minimum absolute atomic E-state index is 0.00391. The number of carbonyl (C=O) groups is 1. The number of allylic oxidation sites excluding steroid dienone is 1. The average Bonchev–Trinajstić information content (AvgIpc) is 2.92. The topological polar surface area (TPSA) is 104 Å². The number of benzene rings is 4. The van der Waals surface area contributed by atoms with Gasteiger partial charge in [-0.1, -0.05) is 35.9 Å². The van der Waals surface area contributed by atoms with Crippen molar-refractivity contribution in [2.24, 2.45) is 0 Å². The molecule has 0 amide bonds. The lowest BCUT2D eigenvalue weighted by molar-refractivity contribution is -0.387. The van der Waals surface area contributed by atoms with Gasteiger partial charge in [0.1, 0.15) is 16.5 Å². The van der Waals surface area contributed by atoms with Gasteiger partial charge in [0.15, 0.2) is 5.78 Å². The fourth-order valence-corrected chi connectivity index (χ4v) is 5.42. The number of hydrogen-bond acceptors (Lipinski definition) is 7. The summed E-state index contributed by atoms with van der Waals surface area (Å²) in [5.74, 6) is -1.61. The van der Waals surface area contributed by atoms with Crippen molar-refractivity contribution in [2.75, 3.05) is 0 Å². The quantitative estimate of drug-likeness (QED) is 0.0647. The molecule has 4 aromatic rings. The van der Waals surface area contributed by atoms with Crippen LogP contribution in [0.3, 0.4) is 0 Å². The highest BCUT2D eigenvalue weighted by Gasteiger charge is 2.19. The van der Waals surface area contributed by atoms with Crippen LogP contribution < -0.4 is 4.18 Å². The SMILES string of the molecule is Cc1ccc(S(=O)(=O)Oc2ccc(C(=O)/C(=C\c3ccc(F)c([N+](=O)[O-])c3)SCc3ccc(F)cc3)cc2)cc1. The van der Waals surface area contributed by atoms with E-state index in [-0.39, 0.29) is 32.4 Å². The summed E-state index contributed by atoms with van der Waals surface area (Å²) in [6, 6.07) is 20.6. The molecule has 7 nitrogen and oxygen atoms in total. The molecule has 4 aromatic carbocycles. The van der Waals surface area contributed by atoms with E-state index in [1.165, 1.54) is 60.7 Å². The third-order valence-electron chi connectivity index (χ3n) is 5.63. The van der Waals surface area contributed by atoms with Crippen LogP contribution in [0.15, 0.2) is 101 Å². The molecule has 0 spiro atoms. The molecule has 0 saturated carbocycles. The molecule has 0 aromatic heterocycles. The van der Waals surface area contributed by atoms with E-state index < -0.39 is 38.1 Å². The minimum atomic E-state index is -4.09. The zero-order chi connectivity index (χ0) is 28.9. The molecule has 0 aliphatic rings. The third kappa shape index (κ3) is 7.19. The molecule has 0 atom stereocenters. The molecule has 0 unspecified atom stereocenters. The monoisotopic (exact) mass is 581 g/mol. The number of aryl methyl sites for hydroxylation is 1. The zero-order valence-electron chi connectivity index (χ0n) is 20.9. The highest BCUT2D eigenvalue weighted by Crippen LogP contribution is 2.30. The maximum Gasteiger partial charge on any atom is 0.339 e. The van der Waals surface area contributed by atoms with Crippen LogP contribution in [0.25, 0.3) is 6.08 Å². The van der Waals surface area contributed by atoms with Crippen molar-refractivity contribution in [2.45, 2.75) is 17.6 Å². The number of halogens is 2. The van der Waals surface area contributed by atoms with Gasteiger partial charge in [0.2, 0.25) is 5.82 Å². The van der Waals surface area contributed by atoms with Gasteiger partial charge >= 0.3 is 15.8 Å². The Morgan fingerprint density at radius 3 is 2.23 bits per heavy atom. The first-order valence-electron chi connectivity index (χ1n) is 11.7. The van der Waals surface area contributed by atoms with E-state index in [2.05, 4.69) is 0 Å². The van der Waals surface area contributed by atoms with Gasteiger partial charge in [-0.05, 0) is 78.7 Å². The van der Waals surface area contributed by atoms with Crippen LogP contribution in [-0.2, 0) is 15.9 Å². The second kappa shape index (κ2) is 12.2. The van der Waals surface area contributed by atoms with Crippen LogP contribution in [0.2, 0.25) is 0 Å². The van der Waals surface area contributed by atoms with E-state index >= 15 is 0 Å². The summed E-state index contributed by atoms with van der Waals surface area (Å²) in [5.41, 5.74) is 1.29. The molecule has 0 radical (unpaired) electrons. The fourth-order valence-electron chi connectivity index (χ4n) is 3.51. The molecule has 0 bridgehead atoms. The summed E-state index contributed by atoms with van der Waals surface area (Å²) in [7, 11) is -4.09. The third-order valence-corrected chi connectivity index (χ3v) is 7.98. The van der Waals surface area contributed by atoms with Gasteiger partial charge in [0.25, 0.3) is 0 Å². The normalized spacial score (nSPS) is 11.7. The van der Waals surface area contributed by atoms with E-state index in [0.717, 1.165) is 35.0 Å². The standard InChI is InChI=1S/C29H21F2NO6S2/c1-19-2-13-25(14-3-19)40(36,37)38-24-11-7-22(8-12-24)29(33)28(39-18-20-4-9-23(30)10-5-20)17-21-6-15-26(31)27(16-21)32(34)35/h2-17H,18H2,1H3/b28-17+. The van der Waals surface area contributed by atoms with E-state index in [9.17, 15) is 32.1 Å². The van der Waals surface area contributed by atoms with Crippen LogP contribution in [0, 0.1) is 28.7 Å². The van der Waals surface area contributed by atoms with Gasteiger partial charge in [0.05, 0.1) is 9.83 Å². The Morgan fingerprint density at radius 1 is 0.950 bits per heavy atom. The van der Waals surface area contributed by atoms with Gasteiger partial charge in [0, 0.05) is 17.4 Å². The molecule has 0 N–H and O–H groups in total. The Labute approximate surface area is 233 Å². The Morgan fingerprint density at radius 2 is 1.60 bits per heavy atom. The summed E-state index contributed by atoms with van der Waals surface area (Å²) >= 11 is 1.11. The number of nitrogens with zero attached hydrogens (tertiary/aromatic N) is 1. The highest BCUT2D eigenvalue weighted by atomic mass is 32.2. The van der Waals surface area contributed by atoms with Gasteiger partial charge in [-0.2, -0.15) is 12.8 Å². The van der Waals surface area contributed by atoms with E-state index in [0.29, 0.717) is 0 Å². The Bertz CT molecular complexity index is 1690. The number of ketones is 1. The molecular formula is C29H21F2NO6S2. The molecule has 40 heavy (non-hydrogen) atoms. The Kier molecular flexibility index (Phi) is 8.76. The van der Waals surface area contributed by atoms with E-state index in [4.69, 9.17) is 4.18 Å². The van der Waals surface area contributed by atoms with E-state index in [1.807, 2.05) is 6.92 Å². The molecule has 0 heterocycles. The van der Waals surface area contributed by atoms with Crippen LogP contribution in [0.1, 0.15) is 27.0 Å². The lowest BCUT2D eigenvalue weighted by Gasteiger charge is -2.10. The first kappa shape index (κ1) is 28.7. The number of nitro benzene ring substituents is 1. The van der Waals surface area contributed by atoms with Crippen LogP contribution in [0.5, 0.6) is 5.75 Å². The molecule has 4 rings (SSSR count). The average molecular weight is 582 g/mol. The predicted octanol–water partition coefficient (Wildman–Crippen LogP) is 7.11. The lowest BCUT2D eigenvalue weighted by Crippen LogP contribution is -2.10. The number of hydrogen-bond donors (Lipinski definition) is 0. The summed E-state index contributed by atoms with van der Waals surface area (Å²) < 4.78 is 57.5. The summed E-state index contributed by atoms with van der Waals surface area (Å²) in [6.45, 7) is 1.82. The first-order chi connectivity index (χ1) is 19.0. The fraction of sp³-hybridized carbons (Fsp3) is 0.0690. The van der Waals surface area contributed by atoms with Gasteiger partial charge < -0.3 is 4.18 Å². The molecule has 0 aliphatic heterocycles. The molecule has 11 heteroatoms. The molecule has 0 saturated heterocycles. The first-order valence-corrected chi connectivity index (χ1v) is 14.1. The second-order valence-electron chi connectivity index (χ2n) is 8.60. The highest BCUT2D eigenvalue weighted by molar-refractivity contribution is 8.03. The number of carbonyl (C=O) groups excluding carboxylic acids is 1. The minimum Gasteiger partial charge on any atom is -0.379 e. The number of Topliss-reactive ketones (excluding diaryl/α,β-unsaturated/α-hetero) is 1. The number of nitro groups is 1. The predicted molar refractivity (Wildman–Crippen MR) is 148 cm³/mol. The smallest absolute Gasteiger partial charge is 0.339 e. The van der Waals surface area contributed by atoms with Crippen molar-refractivity contribution in [1.29, 1.82) is 0 Å². The van der Waals surface area contributed by atoms with Crippen molar-refractivity contribution < 1.29 is 31.1 Å². The second-order valence-corrected chi connectivity index (χ2v) is 11.2. The maximum atomic E-state index is 13.8. The van der Waals surface area contributed by atoms with Gasteiger partial charge in [-0.25, -0.2) is 4.39 Å².